The average Bonchev–Trinajstić information content (AvgIpc) is 2.56. The molecule has 0 spiro atoms. The minimum atomic E-state index is 0.907. The molecular weight excluding hydrogens is 260 g/mol. The number of piperazine rings is 1. The molecule has 3 nitrogen and oxygen atoms in total. The highest BCUT2D eigenvalue weighted by Gasteiger charge is 2.12. The summed E-state index contributed by atoms with van der Waals surface area (Å²) < 4.78 is 5.35. The van der Waals surface area contributed by atoms with Crippen LogP contribution in [0.25, 0.3) is 11.1 Å². The first-order valence-corrected chi connectivity index (χ1v) is 7.52. The van der Waals surface area contributed by atoms with Crippen LogP contribution in [0.3, 0.4) is 0 Å². The van der Waals surface area contributed by atoms with E-state index in [1.165, 1.54) is 16.7 Å². The normalized spacial score (nSPS) is 15.9. The molecule has 3 rings (SSSR count). The van der Waals surface area contributed by atoms with Crippen molar-refractivity contribution in [3.05, 3.63) is 54.1 Å². The van der Waals surface area contributed by atoms with E-state index in [4.69, 9.17) is 4.74 Å². The zero-order valence-electron chi connectivity index (χ0n) is 12.5. The summed E-state index contributed by atoms with van der Waals surface area (Å²) in [4.78, 5) is 2.51. The maximum atomic E-state index is 5.35. The topological polar surface area (TPSA) is 24.5 Å². The smallest absolute Gasteiger partial charge is 0.119 e. The molecule has 0 aliphatic carbocycles. The summed E-state index contributed by atoms with van der Waals surface area (Å²) in [6, 6.07) is 17.0. The monoisotopic (exact) mass is 282 g/mol. The summed E-state index contributed by atoms with van der Waals surface area (Å²) in [7, 11) is 1.71. The van der Waals surface area contributed by atoms with Gasteiger partial charge in [0.2, 0.25) is 0 Å². The number of methoxy groups -OCH3 is 1. The summed E-state index contributed by atoms with van der Waals surface area (Å²) in [5.74, 6) is 0.907. The molecule has 110 valence electrons. The van der Waals surface area contributed by atoms with Crippen LogP contribution in [0.15, 0.2) is 48.5 Å². The Hall–Kier alpha value is -1.84. The summed E-state index contributed by atoms with van der Waals surface area (Å²) in [5.41, 5.74) is 3.91. The predicted octanol–water partition coefficient (Wildman–Crippen LogP) is 2.77. The van der Waals surface area contributed by atoms with Crippen molar-refractivity contribution in [1.82, 2.24) is 10.2 Å². The molecule has 0 unspecified atom stereocenters. The lowest BCUT2D eigenvalue weighted by Crippen LogP contribution is -2.42. The van der Waals surface area contributed by atoms with Gasteiger partial charge < -0.3 is 10.1 Å². The SMILES string of the molecule is COc1cccc(-c2ccccc2CN2CCNCC2)c1. The van der Waals surface area contributed by atoms with Gasteiger partial charge in [-0.05, 0) is 28.8 Å². The molecule has 0 aromatic heterocycles. The van der Waals surface area contributed by atoms with Crippen molar-refractivity contribution < 1.29 is 4.74 Å². The highest BCUT2D eigenvalue weighted by molar-refractivity contribution is 5.68. The fraction of sp³-hybridized carbons (Fsp3) is 0.333. The zero-order valence-corrected chi connectivity index (χ0v) is 12.5. The molecule has 1 fully saturated rings. The molecule has 2 aromatic rings. The Kier molecular flexibility index (Phi) is 4.53. The molecule has 1 N–H and O–H groups in total. The van der Waals surface area contributed by atoms with Crippen molar-refractivity contribution in [3.63, 3.8) is 0 Å². The van der Waals surface area contributed by atoms with E-state index in [0.717, 1.165) is 38.5 Å². The molecule has 0 bridgehead atoms. The lowest BCUT2D eigenvalue weighted by atomic mass is 9.99. The van der Waals surface area contributed by atoms with Gasteiger partial charge in [-0.3, -0.25) is 4.90 Å². The summed E-state index contributed by atoms with van der Waals surface area (Å²) in [6.45, 7) is 5.41. The van der Waals surface area contributed by atoms with E-state index in [2.05, 4.69) is 52.7 Å². The third-order valence-corrected chi connectivity index (χ3v) is 4.00. The van der Waals surface area contributed by atoms with Crippen LogP contribution in [0.4, 0.5) is 0 Å². The van der Waals surface area contributed by atoms with Gasteiger partial charge in [0.25, 0.3) is 0 Å². The first kappa shape index (κ1) is 14.1. The third kappa shape index (κ3) is 3.43. The number of hydrogen-bond acceptors (Lipinski definition) is 3. The van der Waals surface area contributed by atoms with Crippen LogP contribution < -0.4 is 10.1 Å². The lowest BCUT2D eigenvalue weighted by molar-refractivity contribution is 0.233. The first-order valence-electron chi connectivity index (χ1n) is 7.52. The van der Waals surface area contributed by atoms with Crippen LogP contribution in [0.1, 0.15) is 5.56 Å². The van der Waals surface area contributed by atoms with Crippen molar-refractivity contribution in [2.45, 2.75) is 6.54 Å². The van der Waals surface area contributed by atoms with Crippen molar-refractivity contribution in [3.8, 4) is 16.9 Å². The van der Waals surface area contributed by atoms with Crippen molar-refractivity contribution >= 4 is 0 Å². The Morgan fingerprint density at radius 2 is 1.86 bits per heavy atom. The van der Waals surface area contributed by atoms with Crippen LogP contribution in [-0.4, -0.2) is 38.2 Å². The van der Waals surface area contributed by atoms with Crippen LogP contribution in [0, 0.1) is 0 Å². The van der Waals surface area contributed by atoms with Crippen LogP contribution in [0.2, 0.25) is 0 Å². The minimum Gasteiger partial charge on any atom is -0.497 e. The van der Waals surface area contributed by atoms with E-state index >= 15 is 0 Å². The number of nitrogens with one attached hydrogen (secondary N) is 1. The molecule has 1 aliphatic heterocycles. The molecule has 1 heterocycles. The number of rotatable bonds is 4. The van der Waals surface area contributed by atoms with E-state index < -0.39 is 0 Å². The van der Waals surface area contributed by atoms with Gasteiger partial charge in [-0.25, -0.2) is 0 Å². The second-order valence-corrected chi connectivity index (χ2v) is 5.42. The van der Waals surface area contributed by atoms with Crippen molar-refractivity contribution in [1.29, 1.82) is 0 Å². The number of benzene rings is 2. The maximum Gasteiger partial charge on any atom is 0.119 e. The highest BCUT2D eigenvalue weighted by atomic mass is 16.5. The second kappa shape index (κ2) is 6.74. The molecule has 0 atom stereocenters. The third-order valence-electron chi connectivity index (χ3n) is 4.00. The molecule has 21 heavy (non-hydrogen) atoms. The summed E-state index contributed by atoms with van der Waals surface area (Å²) in [6.07, 6.45) is 0. The van der Waals surface area contributed by atoms with E-state index in [1.807, 2.05) is 6.07 Å². The standard InChI is InChI=1S/C18H22N2O/c1-21-17-7-4-6-15(13-17)18-8-3-2-5-16(18)14-20-11-9-19-10-12-20/h2-8,13,19H,9-12,14H2,1H3. The van der Waals surface area contributed by atoms with E-state index in [1.54, 1.807) is 7.11 Å². The Labute approximate surface area is 126 Å². The van der Waals surface area contributed by atoms with Crippen LogP contribution in [0.5, 0.6) is 5.75 Å². The van der Waals surface area contributed by atoms with E-state index in [0.29, 0.717) is 0 Å². The van der Waals surface area contributed by atoms with Gasteiger partial charge in [-0.15, -0.1) is 0 Å². The van der Waals surface area contributed by atoms with Gasteiger partial charge >= 0.3 is 0 Å². The molecule has 1 saturated heterocycles. The average molecular weight is 282 g/mol. The van der Waals surface area contributed by atoms with Gasteiger partial charge in [0, 0.05) is 32.7 Å². The summed E-state index contributed by atoms with van der Waals surface area (Å²) >= 11 is 0. The van der Waals surface area contributed by atoms with Gasteiger partial charge in [0.1, 0.15) is 5.75 Å². The molecule has 0 amide bonds. The van der Waals surface area contributed by atoms with E-state index in [-0.39, 0.29) is 0 Å². The van der Waals surface area contributed by atoms with Gasteiger partial charge in [0.05, 0.1) is 7.11 Å². The first-order chi connectivity index (χ1) is 10.4. The molecule has 0 radical (unpaired) electrons. The summed E-state index contributed by atoms with van der Waals surface area (Å²) in [5, 5.41) is 3.40. The largest absolute Gasteiger partial charge is 0.497 e. The molecule has 2 aromatic carbocycles. The predicted molar refractivity (Wildman–Crippen MR) is 86.6 cm³/mol. The lowest BCUT2D eigenvalue weighted by Gasteiger charge is -2.28. The molecule has 0 saturated carbocycles. The maximum absolute atomic E-state index is 5.35. The number of nitrogens with zero attached hydrogens (tertiary/aromatic N) is 1. The minimum absolute atomic E-state index is 0.907. The van der Waals surface area contributed by atoms with Crippen molar-refractivity contribution in [2.75, 3.05) is 33.3 Å². The fourth-order valence-electron chi connectivity index (χ4n) is 2.84. The van der Waals surface area contributed by atoms with Gasteiger partial charge in [-0.1, -0.05) is 36.4 Å². The number of hydrogen-bond donors (Lipinski definition) is 1. The second-order valence-electron chi connectivity index (χ2n) is 5.42. The fourth-order valence-corrected chi connectivity index (χ4v) is 2.84. The highest BCUT2D eigenvalue weighted by Crippen LogP contribution is 2.27. The Morgan fingerprint density at radius 1 is 1.05 bits per heavy atom. The molecule has 1 aliphatic rings. The van der Waals surface area contributed by atoms with Gasteiger partial charge in [-0.2, -0.15) is 0 Å². The van der Waals surface area contributed by atoms with Gasteiger partial charge in [0.15, 0.2) is 0 Å². The van der Waals surface area contributed by atoms with E-state index in [9.17, 15) is 0 Å². The number of ether oxygens (including phenoxy) is 1. The van der Waals surface area contributed by atoms with Crippen LogP contribution >= 0.6 is 0 Å². The Bertz CT molecular complexity index is 591. The molecule has 3 heteroatoms. The zero-order chi connectivity index (χ0) is 14.5. The molecular formula is C18H22N2O. The van der Waals surface area contributed by atoms with Crippen LogP contribution in [-0.2, 0) is 6.54 Å². The van der Waals surface area contributed by atoms with Crippen molar-refractivity contribution in [2.24, 2.45) is 0 Å². The quantitative estimate of drug-likeness (QED) is 0.933. The Balaban J connectivity index is 1.87. The Morgan fingerprint density at radius 3 is 2.67 bits per heavy atom.